The molecule has 0 saturated heterocycles. The van der Waals surface area contributed by atoms with Crippen molar-refractivity contribution < 1.29 is 23.9 Å². The fraction of sp³-hybridized carbons (Fsp3) is 0.250. The van der Waals surface area contributed by atoms with Gasteiger partial charge in [0.2, 0.25) is 0 Å². The summed E-state index contributed by atoms with van der Waals surface area (Å²) < 4.78 is 9.76. The summed E-state index contributed by atoms with van der Waals surface area (Å²) in [5.41, 5.74) is 0.527. The average Bonchev–Trinajstić information content (AvgIpc) is 2.37. The predicted octanol–water partition coefficient (Wildman–Crippen LogP) is 0.763. The highest BCUT2D eigenvalue weighted by Crippen LogP contribution is 2.28. The summed E-state index contributed by atoms with van der Waals surface area (Å²) in [4.78, 5) is 34.1. The van der Waals surface area contributed by atoms with Crippen LogP contribution in [0.25, 0.3) is 0 Å². The Bertz CT molecular complexity index is 523. The number of ketones is 1. The summed E-state index contributed by atoms with van der Waals surface area (Å²) in [6.45, 7) is 1.69. The highest BCUT2D eigenvalue weighted by molar-refractivity contribution is 6.40. The Labute approximate surface area is 103 Å². The molecule has 0 aromatic heterocycles. The van der Waals surface area contributed by atoms with Crippen LogP contribution < -0.4 is 10.1 Å². The predicted molar refractivity (Wildman–Crippen MR) is 61.5 cm³/mol. The molecule has 1 N–H and O–H groups in total. The number of amides is 1. The van der Waals surface area contributed by atoms with E-state index >= 15 is 0 Å². The zero-order chi connectivity index (χ0) is 13.1. The third kappa shape index (κ3) is 2.32. The first-order valence-electron chi connectivity index (χ1n) is 5.40. The van der Waals surface area contributed by atoms with Gasteiger partial charge in [-0.15, -0.1) is 0 Å². The van der Waals surface area contributed by atoms with Crippen LogP contribution >= 0.6 is 0 Å². The van der Waals surface area contributed by atoms with E-state index in [0.717, 1.165) is 0 Å². The fourth-order valence-corrected chi connectivity index (χ4v) is 1.54. The molecule has 0 spiro atoms. The van der Waals surface area contributed by atoms with Gasteiger partial charge in [-0.1, -0.05) is 0 Å². The van der Waals surface area contributed by atoms with Crippen LogP contribution in [0.5, 0.6) is 5.75 Å². The normalized spacial score (nSPS) is 13.1. The lowest BCUT2D eigenvalue weighted by molar-refractivity contribution is -0.137. The van der Waals surface area contributed by atoms with Gasteiger partial charge in [0.15, 0.2) is 6.61 Å². The van der Waals surface area contributed by atoms with Crippen molar-refractivity contribution in [2.45, 2.75) is 6.92 Å². The van der Waals surface area contributed by atoms with Crippen LogP contribution in [0.3, 0.4) is 0 Å². The molecular weight excluding hydrogens is 238 g/mol. The molecule has 1 aliphatic rings. The molecule has 6 nitrogen and oxygen atoms in total. The molecule has 0 aliphatic carbocycles. The summed E-state index contributed by atoms with van der Waals surface area (Å²) in [5, 5.41) is 2.56. The standard InChI is InChI=1S/C12H11NO5/c1-2-17-12(16)11(15)7-3-4-9-8(5-7)13-10(14)6-18-9/h3-5H,2,6H2,1H3,(H,13,14). The second kappa shape index (κ2) is 4.87. The highest BCUT2D eigenvalue weighted by atomic mass is 16.5. The molecule has 1 heterocycles. The largest absolute Gasteiger partial charge is 0.482 e. The van der Waals surface area contributed by atoms with E-state index in [0.29, 0.717) is 11.4 Å². The Kier molecular flexibility index (Phi) is 3.27. The van der Waals surface area contributed by atoms with E-state index in [4.69, 9.17) is 4.74 Å². The molecule has 1 aliphatic heterocycles. The van der Waals surface area contributed by atoms with Crippen molar-refractivity contribution in [1.82, 2.24) is 0 Å². The van der Waals surface area contributed by atoms with Gasteiger partial charge >= 0.3 is 5.97 Å². The lowest BCUT2D eigenvalue weighted by atomic mass is 10.1. The summed E-state index contributed by atoms with van der Waals surface area (Å²) in [5.74, 6) is -1.50. The molecule has 1 aromatic rings. The first kappa shape index (κ1) is 12.1. The molecule has 1 aromatic carbocycles. The number of esters is 1. The molecule has 0 unspecified atom stereocenters. The van der Waals surface area contributed by atoms with Crippen LogP contribution in [0, 0.1) is 0 Å². The van der Waals surface area contributed by atoms with Gasteiger partial charge in [-0.25, -0.2) is 4.79 Å². The van der Waals surface area contributed by atoms with E-state index in [2.05, 4.69) is 10.1 Å². The van der Waals surface area contributed by atoms with Crippen LogP contribution in [0.2, 0.25) is 0 Å². The first-order chi connectivity index (χ1) is 8.61. The lowest BCUT2D eigenvalue weighted by Crippen LogP contribution is -2.26. The number of nitrogens with one attached hydrogen (secondary N) is 1. The summed E-state index contributed by atoms with van der Waals surface area (Å²) in [7, 11) is 0. The monoisotopic (exact) mass is 249 g/mol. The molecule has 6 heteroatoms. The number of carbonyl (C=O) groups is 3. The number of benzene rings is 1. The number of anilines is 1. The van der Waals surface area contributed by atoms with E-state index in [1.165, 1.54) is 18.2 Å². The zero-order valence-corrected chi connectivity index (χ0v) is 9.69. The molecule has 0 fully saturated rings. The van der Waals surface area contributed by atoms with Gasteiger partial charge in [-0.05, 0) is 25.1 Å². The van der Waals surface area contributed by atoms with Gasteiger partial charge in [0.05, 0.1) is 12.3 Å². The maximum absolute atomic E-state index is 11.7. The van der Waals surface area contributed by atoms with Crippen LogP contribution in [-0.2, 0) is 14.3 Å². The molecule has 2 rings (SSSR count). The van der Waals surface area contributed by atoms with Crippen LogP contribution in [0.15, 0.2) is 18.2 Å². The Morgan fingerprint density at radius 3 is 2.94 bits per heavy atom. The zero-order valence-electron chi connectivity index (χ0n) is 9.69. The van der Waals surface area contributed by atoms with Gasteiger partial charge in [0.1, 0.15) is 5.75 Å². The number of ether oxygens (including phenoxy) is 2. The maximum Gasteiger partial charge on any atom is 0.379 e. The minimum absolute atomic E-state index is 0.0574. The topological polar surface area (TPSA) is 81.7 Å². The fourth-order valence-electron chi connectivity index (χ4n) is 1.54. The van der Waals surface area contributed by atoms with Crippen molar-refractivity contribution in [3.05, 3.63) is 23.8 Å². The third-order valence-electron chi connectivity index (χ3n) is 2.34. The molecular formula is C12H11NO5. The number of rotatable bonds is 3. The summed E-state index contributed by atoms with van der Waals surface area (Å²) in [6.07, 6.45) is 0. The number of hydrogen-bond donors (Lipinski definition) is 1. The lowest BCUT2D eigenvalue weighted by Gasteiger charge is -2.18. The van der Waals surface area contributed by atoms with Crippen molar-refractivity contribution >= 4 is 23.3 Å². The molecule has 1 amide bonds. The quantitative estimate of drug-likeness (QED) is 0.486. The Hall–Kier alpha value is -2.37. The van der Waals surface area contributed by atoms with E-state index in [9.17, 15) is 14.4 Å². The summed E-state index contributed by atoms with van der Waals surface area (Å²) >= 11 is 0. The average molecular weight is 249 g/mol. The van der Waals surface area contributed by atoms with Gasteiger partial charge in [-0.3, -0.25) is 9.59 Å². The Morgan fingerprint density at radius 2 is 2.22 bits per heavy atom. The van der Waals surface area contributed by atoms with Crippen molar-refractivity contribution in [3.63, 3.8) is 0 Å². The van der Waals surface area contributed by atoms with Gasteiger partial charge < -0.3 is 14.8 Å². The summed E-state index contributed by atoms with van der Waals surface area (Å²) in [6, 6.07) is 4.38. The number of hydrogen-bond acceptors (Lipinski definition) is 5. The third-order valence-corrected chi connectivity index (χ3v) is 2.34. The molecule has 0 saturated carbocycles. The molecule has 18 heavy (non-hydrogen) atoms. The smallest absolute Gasteiger partial charge is 0.379 e. The number of Topliss-reactive ketones (excluding diaryl/α,β-unsaturated/α-hetero) is 1. The van der Waals surface area contributed by atoms with E-state index in [1.807, 2.05) is 0 Å². The van der Waals surface area contributed by atoms with Crippen LogP contribution in [0.1, 0.15) is 17.3 Å². The maximum atomic E-state index is 11.7. The van der Waals surface area contributed by atoms with Gasteiger partial charge in [0, 0.05) is 5.56 Å². The van der Waals surface area contributed by atoms with Crippen molar-refractivity contribution in [1.29, 1.82) is 0 Å². The van der Waals surface area contributed by atoms with Crippen LogP contribution in [0.4, 0.5) is 5.69 Å². The molecule has 94 valence electrons. The Balaban J connectivity index is 2.25. The van der Waals surface area contributed by atoms with Gasteiger partial charge in [-0.2, -0.15) is 0 Å². The molecule has 0 bridgehead atoms. The SMILES string of the molecule is CCOC(=O)C(=O)c1ccc2c(c1)NC(=O)CO2. The number of carbonyl (C=O) groups excluding carboxylic acids is 3. The van der Waals surface area contributed by atoms with E-state index in [1.54, 1.807) is 6.92 Å². The van der Waals surface area contributed by atoms with Crippen LogP contribution in [-0.4, -0.2) is 30.9 Å². The second-order valence-electron chi connectivity index (χ2n) is 3.60. The van der Waals surface area contributed by atoms with E-state index < -0.39 is 11.8 Å². The minimum atomic E-state index is -0.916. The highest BCUT2D eigenvalue weighted by Gasteiger charge is 2.21. The van der Waals surface area contributed by atoms with Crippen molar-refractivity contribution in [2.75, 3.05) is 18.5 Å². The van der Waals surface area contributed by atoms with Crippen molar-refractivity contribution in [3.8, 4) is 5.75 Å². The minimum Gasteiger partial charge on any atom is -0.482 e. The Morgan fingerprint density at radius 1 is 1.44 bits per heavy atom. The van der Waals surface area contributed by atoms with E-state index in [-0.39, 0.29) is 24.7 Å². The number of fused-ring (bicyclic) bond motifs is 1. The van der Waals surface area contributed by atoms with Crippen molar-refractivity contribution in [2.24, 2.45) is 0 Å². The molecule has 0 radical (unpaired) electrons. The second-order valence-corrected chi connectivity index (χ2v) is 3.60. The van der Waals surface area contributed by atoms with Gasteiger partial charge in [0.25, 0.3) is 11.7 Å². The first-order valence-corrected chi connectivity index (χ1v) is 5.40. The molecule has 0 atom stereocenters.